The number of nitrogens with two attached hydrogens (primary N) is 1. The highest BCUT2D eigenvalue weighted by atomic mass is 35.5. The quantitative estimate of drug-likeness (QED) is 0.571. The zero-order valence-electron chi connectivity index (χ0n) is 9.02. The van der Waals surface area contributed by atoms with Crippen LogP contribution in [0.15, 0.2) is 36.7 Å². The minimum Gasteiger partial charge on any atom is -0.365 e. The molecule has 0 spiro atoms. The van der Waals surface area contributed by atoms with Crippen molar-refractivity contribution >= 4 is 23.2 Å². The maximum absolute atomic E-state index is 5.80. The molecule has 0 saturated heterocycles. The molecule has 1 aromatic heterocycles. The first kappa shape index (κ1) is 11.6. The number of nitrogens with zero attached hydrogens (tertiary/aromatic N) is 2. The molecule has 0 atom stereocenters. The van der Waals surface area contributed by atoms with E-state index in [1.807, 2.05) is 24.3 Å². The number of nitrogen functional groups attached to an aromatic ring is 1. The number of anilines is 2. The van der Waals surface area contributed by atoms with Gasteiger partial charge in [0.25, 0.3) is 0 Å². The summed E-state index contributed by atoms with van der Waals surface area (Å²) in [6.45, 7) is 0.653. The molecule has 0 saturated carbocycles. The Balaban J connectivity index is 1.99. The molecular formula is C11H12ClN5. The molecule has 2 rings (SSSR count). The predicted octanol–water partition coefficient (Wildman–Crippen LogP) is 2.03. The number of hydrogen-bond acceptors (Lipinski definition) is 5. The first-order valence-electron chi connectivity index (χ1n) is 5.05. The van der Waals surface area contributed by atoms with Gasteiger partial charge in [-0.3, -0.25) is 4.98 Å². The molecule has 0 unspecified atom stereocenters. The molecule has 0 aliphatic carbocycles. The van der Waals surface area contributed by atoms with Crippen LogP contribution >= 0.6 is 11.6 Å². The van der Waals surface area contributed by atoms with Crippen molar-refractivity contribution < 1.29 is 0 Å². The number of aromatic nitrogens is 2. The Hall–Kier alpha value is -1.85. The number of halogens is 1. The number of rotatable bonds is 4. The monoisotopic (exact) mass is 249 g/mol. The van der Waals surface area contributed by atoms with E-state index in [-0.39, 0.29) is 0 Å². The summed E-state index contributed by atoms with van der Waals surface area (Å²) in [5.74, 6) is 6.43. The average Bonchev–Trinajstić information content (AvgIpc) is 2.38. The summed E-state index contributed by atoms with van der Waals surface area (Å²) in [6.07, 6.45) is 3.18. The van der Waals surface area contributed by atoms with Gasteiger partial charge in [0.15, 0.2) is 5.82 Å². The van der Waals surface area contributed by atoms with Gasteiger partial charge in [0.1, 0.15) is 5.82 Å². The second kappa shape index (κ2) is 5.47. The van der Waals surface area contributed by atoms with Gasteiger partial charge in [-0.2, -0.15) is 0 Å². The molecule has 0 fully saturated rings. The van der Waals surface area contributed by atoms with Gasteiger partial charge in [-0.25, -0.2) is 10.8 Å². The first-order valence-corrected chi connectivity index (χ1v) is 5.43. The Bertz CT molecular complexity index is 485. The fourth-order valence-electron chi connectivity index (χ4n) is 1.32. The summed E-state index contributed by atoms with van der Waals surface area (Å²) in [5, 5.41) is 3.87. The zero-order chi connectivity index (χ0) is 12.1. The van der Waals surface area contributed by atoms with E-state index in [9.17, 15) is 0 Å². The molecule has 17 heavy (non-hydrogen) atoms. The molecule has 1 heterocycles. The van der Waals surface area contributed by atoms with Gasteiger partial charge in [0, 0.05) is 11.6 Å². The maximum Gasteiger partial charge on any atom is 0.160 e. The third kappa shape index (κ3) is 3.30. The van der Waals surface area contributed by atoms with Crippen LogP contribution in [0, 0.1) is 0 Å². The van der Waals surface area contributed by atoms with E-state index >= 15 is 0 Å². The molecular weight excluding hydrogens is 238 g/mol. The Morgan fingerprint density at radius 3 is 2.53 bits per heavy atom. The van der Waals surface area contributed by atoms with Crippen LogP contribution in [0.2, 0.25) is 5.02 Å². The molecule has 5 nitrogen and oxygen atoms in total. The van der Waals surface area contributed by atoms with Crippen molar-refractivity contribution in [1.29, 1.82) is 0 Å². The van der Waals surface area contributed by atoms with Gasteiger partial charge < -0.3 is 10.7 Å². The normalized spacial score (nSPS) is 10.0. The Morgan fingerprint density at radius 2 is 1.82 bits per heavy atom. The zero-order valence-corrected chi connectivity index (χ0v) is 9.78. The first-order chi connectivity index (χ1) is 8.28. The Labute approximate surface area is 104 Å². The van der Waals surface area contributed by atoms with E-state index < -0.39 is 0 Å². The minimum absolute atomic E-state index is 0.520. The summed E-state index contributed by atoms with van der Waals surface area (Å²) in [5.41, 5.74) is 3.56. The third-order valence-electron chi connectivity index (χ3n) is 2.17. The molecule has 0 amide bonds. The second-order valence-corrected chi connectivity index (χ2v) is 3.85. The van der Waals surface area contributed by atoms with E-state index in [1.165, 1.54) is 0 Å². The van der Waals surface area contributed by atoms with Crippen LogP contribution in [0.1, 0.15) is 5.56 Å². The molecule has 6 heteroatoms. The number of hydrazine groups is 1. The average molecular weight is 250 g/mol. The summed E-state index contributed by atoms with van der Waals surface area (Å²) in [6, 6.07) is 7.60. The van der Waals surface area contributed by atoms with Crippen LogP contribution in [0.25, 0.3) is 0 Å². The number of nitrogens with one attached hydrogen (secondary N) is 2. The van der Waals surface area contributed by atoms with Crippen molar-refractivity contribution in [3.8, 4) is 0 Å². The summed E-state index contributed by atoms with van der Waals surface area (Å²) in [7, 11) is 0. The van der Waals surface area contributed by atoms with Crippen LogP contribution in [-0.4, -0.2) is 9.97 Å². The molecule has 0 aliphatic heterocycles. The fourth-order valence-corrected chi connectivity index (χ4v) is 1.44. The summed E-state index contributed by atoms with van der Waals surface area (Å²) in [4.78, 5) is 8.18. The molecule has 2 aromatic rings. The highest BCUT2D eigenvalue weighted by molar-refractivity contribution is 6.30. The highest BCUT2D eigenvalue weighted by Gasteiger charge is 1.97. The van der Waals surface area contributed by atoms with Crippen LogP contribution in [0.3, 0.4) is 0 Å². The largest absolute Gasteiger partial charge is 0.365 e. The number of benzene rings is 1. The molecule has 0 aliphatic rings. The second-order valence-electron chi connectivity index (χ2n) is 3.41. The van der Waals surface area contributed by atoms with Crippen molar-refractivity contribution in [2.45, 2.75) is 6.54 Å². The predicted molar refractivity (Wildman–Crippen MR) is 68.6 cm³/mol. The van der Waals surface area contributed by atoms with Crippen LogP contribution < -0.4 is 16.6 Å². The fraction of sp³-hybridized carbons (Fsp3) is 0.0909. The van der Waals surface area contributed by atoms with E-state index in [4.69, 9.17) is 17.4 Å². The lowest BCUT2D eigenvalue weighted by molar-refractivity contribution is 1.08. The van der Waals surface area contributed by atoms with Gasteiger partial charge >= 0.3 is 0 Å². The SMILES string of the molecule is NNc1cncc(NCc2ccc(Cl)cc2)n1. The molecule has 0 radical (unpaired) electrons. The Kier molecular flexibility index (Phi) is 3.74. The summed E-state index contributed by atoms with van der Waals surface area (Å²) >= 11 is 5.80. The van der Waals surface area contributed by atoms with Crippen LogP contribution in [0.4, 0.5) is 11.6 Å². The topological polar surface area (TPSA) is 75.9 Å². The van der Waals surface area contributed by atoms with Gasteiger partial charge in [-0.1, -0.05) is 23.7 Å². The summed E-state index contributed by atoms with van der Waals surface area (Å²) < 4.78 is 0. The smallest absolute Gasteiger partial charge is 0.160 e. The third-order valence-corrected chi connectivity index (χ3v) is 2.42. The lowest BCUT2D eigenvalue weighted by Crippen LogP contribution is -2.10. The maximum atomic E-state index is 5.80. The van der Waals surface area contributed by atoms with Crippen molar-refractivity contribution in [3.63, 3.8) is 0 Å². The molecule has 4 N–H and O–H groups in total. The molecule has 1 aromatic carbocycles. The minimum atomic E-state index is 0.520. The number of hydrogen-bond donors (Lipinski definition) is 3. The van der Waals surface area contributed by atoms with Crippen molar-refractivity contribution in [1.82, 2.24) is 9.97 Å². The molecule has 88 valence electrons. The van der Waals surface area contributed by atoms with Crippen LogP contribution in [0.5, 0.6) is 0 Å². The lowest BCUT2D eigenvalue weighted by atomic mass is 10.2. The van der Waals surface area contributed by atoms with Crippen molar-refractivity contribution in [3.05, 3.63) is 47.2 Å². The van der Waals surface area contributed by atoms with E-state index in [1.54, 1.807) is 12.4 Å². The Morgan fingerprint density at radius 1 is 1.12 bits per heavy atom. The van der Waals surface area contributed by atoms with Gasteiger partial charge in [0.05, 0.1) is 12.4 Å². The van der Waals surface area contributed by atoms with Gasteiger partial charge in [0.2, 0.25) is 0 Å². The van der Waals surface area contributed by atoms with Crippen molar-refractivity contribution in [2.24, 2.45) is 5.84 Å². The standard InChI is InChI=1S/C11H12ClN5/c12-9-3-1-8(2-4-9)5-15-10-6-14-7-11(16-10)17-13/h1-4,6-7H,5,13H2,(H2,15,16,17). The highest BCUT2D eigenvalue weighted by Crippen LogP contribution is 2.11. The lowest BCUT2D eigenvalue weighted by Gasteiger charge is -2.06. The van der Waals surface area contributed by atoms with Gasteiger partial charge in [-0.15, -0.1) is 0 Å². The van der Waals surface area contributed by atoms with Crippen molar-refractivity contribution in [2.75, 3.05) is 10.7 Å². The molecule has 0 bridgehead atoms. The van der Waals surface area contributed by atoms with E-state index in [2.05, 4.69) is 20.7 Å². The van der Waals surface area contributed by atoms with E-state index in [0.717, 1.165) is 10.6 Å². The van der Waals surface area contributed by atoms with Crippen LogP contribution in [-0.2, 0) is 6.54 Å². The van der Waals surface area contributed by atoms with E-state index in [0.29, 0.717) is 18.2 Å². The van der Waals surface area contributed by atoms with Gasteiger partial charge in [-0.05, 0) is 17.7 Å².